The molecule has 1 N–H and O–H groups in total. The first-order chi connectivity index (χ1) is 16.1. The van der Waals surface area contributed by atoms with Crippen LogP contribution in [0.4, 0.5) is 5.69 Å². The van der Waals surface area contributed by atoms with Crippen LogP contribution in [0, 0.1) is 6.92 Å². The van der Waals surface area contributed by atoms with Crippen molar-refractivity contribution in [2.24, 2.45) is 0 Å². The number of sulfonamides is 1. The summed E-state index contributed by atoms with van der Waals surface area (Å²) in [5.74, 6) is 0.291. The molecule has 0 heterocycles. The van der Waals surface area contributed by atoms with Gasteiger partial charge in [0, 0.05) is 10.0 Å². The van der Waals surface area contributed by atoms with Gasteiger partial charge in [0.15, 0.2) is 0 Å². The van der Waals surface area contributed by atoms with Crippen LogP contribution in [0.5, 0.6) is 5.75 Å². The van der Waals surface area contributed by atoms with Crippen LogP contribution in [0.2, 0.25) is 10.0 Å². The number of hydrogen-bond acceptors (Lipinski definition) is 4. The second kappa shape index (κ2) is 11.1. The predicted octanol–water partition coefficient (Wildman–Crippen LogP) is 5.77. The Morgan fingerprint density at radius 3 is 2.24 bits per heavy atom. The zero-order chi connectivity index (χ0) is 24.9. The molecule has 0 aliphatic heterocycles. The minimum Gasteiger partial charge on any atom is -0.496 e. The topological polar surface area (TPSA) is 75.7 Å². The fraction of sp³-hybridized carbons (Fsp3) is 0.240. The number of nitrogens with one attached hydrogen (secondary N) is 1. The van der Waals surface area contributed by atoms with Gasteiger partial charge in [-0.1, -0.05) is 60.5 Å². The van der Waals surface area contributed by atoms with Crippen LogP contribution < -0.4 is 14.4 Å². The molecule has 180 valence electrons. The lowest BCUT2D eigenvalue weighted by molar-refractivity contribution is -0.120. The fourth-order valence-corrected chi connectivity index (χ4v) is 5.57. The van der Waals surface area contributed by atoms with Crippen molar-refractivity contribution >= 4 is 44.8 Å². The third-order valence-corrected chi connectivity index (χ3v) is 7.54. The Morgan fingerprint density at radius 1 is 1.03 bits per heavy atom. The molecule has 9 heteroatoms. The van der Waals surface area contributed by atoms with Gasteiger partial charge in [0.2, 0.25) is 5.91 Å². The number of ether oxygens (including phenoxy) is 1. The van der Waals surface area contributed by atoms with E-state index >= 15 is 0 Å². The number of methoxy groups -OCH3 is 1. The first-order valence-corrected chi connectivity index (χ1v) is 12.8. The molecule has 0 aliphatic carbocycles. The van der Waals surface area contributed by atoms with Crippen molar-refractivity contribution in [3.63, 3.8) is 0 Å². The second-order valence-electron chi connectivity index (χ2n) is 7.71. The third-order valence-electron chi connectivity index (χ3n) is 5.32. The standard InChI is InChI=1S/C25H26Cl2N2O4S/c1-4-23(18-10-11-24(33-3)17(2)12-18)28-25(30)16-29(21-14-19(26)13-20(27)15-21)34(31,32)22-8-6-5-7-9-22/h5-15,23H,4,16H2,1-3H3,(H,28,30)/t23-/m1/s1. The largest absolute Gasteiger partial charge is 0.496 e. The Balaban J connectivity index is 1.92. The molecule has 34 heavy (non-hydrogen) atoms. The van der Waals surface area contributed by atoms with E-state index in [9.17, 15) is 13.2 Å². The number of hydrogen-bond donors (Lipinski definition) is 1. The van der Waals surface area contributed by atoms with E-state index in [0.29, 0.717) is 6.42 Å². The van der Waals surface area contributed by atoms with Crippen LogP contribution in [0.25, 0.3) is 0 Å². The summed E-state index contributed by atoms with van der Waals surface area (Å²) in [5, 5.41) is 3.47. The van der Waals surface area contributed by atoms with Crippen LogP contribution in [0.15, 0.2) is 71.6 Å². The van der Waals surface area contributed by atoms with Crippen molar-refractivity contribution in [3.05, 3.63) is 87.9 Å². The molecule has 0 aliphatic rings. The first kappa shape index (κ1) is 25.9. The normalized spacial score (nSPS) is 12.1. The lowest BCUT2D eigenvalue weighted by Crippen LogP contribution is -2.42. The highest BCUT2D eigenvalue weighted by Gasteiger charge is 2.28. The van der Waals surface area contributed by atoms with E-state index in [1.54, 1.807) is 25.3 Å². The quantitative estimate of drug-likeness (QED) is 0.388. The molecule has 3 rings (SSSR count). The van der Waals surface area contributed by atoms with Crippen LogP contribution >= 0.6 is 23.2 Å². The molecular weight excluding hydrogens is 495 g/mol. The van der Waals surface area contributed by atoms with Crippen molar-refractivity contribution < 1.29 is 17.9 Å². The minimum absolute atomic E-state index is 0.0525. The van der Waals surface area contributed by atoms with E-state index in [2.05, 4.69) is 5.32 Å². The summed E-state index contributed by atoms with van der Waals surface area (Å²) in [4.78, 5) is 13.2. The smallest absolute Gasteiger partial charge is 0.264 e. The van der Waals surface area contributed by atoms with Gasteiger partial charge in [0.25, 0.3) is 10.0 Å². The van der Waals surface area contributed by atoms with E-state index in [0.717, 1.165) is 21.2 Å². The number of rotatable bonds is 9. The molecule has 1 amide bonds. The Labute approximate surface area is 210 Å². The third kappa shape index (κ3) is 6.03. The van der Waals surface area contributed by atoms with Crippen molar-refractivity contribution in [2.75, 3.05) is 18.0 Å². The summed E-state index contributed by atoms with van der Waals surface area (Å²) in [7, 11) is -2.46. The van der Waals surface area contributed by atoms with Gasteiger partial charge in [-0.25, -0.2) is 8.42 Å². The lowest BCUT2D eigenvalue weighted by Gasteiger charge is -2.26. The zero-order valence-electron chi connectivity index (χ0n) is 19.1. The summed E-state index contributed by atoms with van der Waals surface area (Å²) in [6.07, 6.45) is 0.617. The second-order valence-corrected chi connectivity index (χ2v) is 10.4. The van der Waals surface area contributed by atoms with Gasteiger partial charge in [-0.3, -0.25) is 9.10 Å². The number of carbonyl (C=O) groups is 1. The zero-order valence-corrected chi connectivity index (χ0v) is 21.4. The monoisotopic (exact) mass is 520 g/mol. The summed E-state index contributed by atoms with van der Waals surface area (Å²) in [6.45, 7) is 3.42. The molecule has 0 fully saturated rings. The van der Waals surface area contributed by atoms with Gasteiger partial charge in [0.1, 0.15) is 12.3 Å². The molecule has 0 saturated carbocycles. The van der Waals surface area contributed by atoms with E-state index in [4.69, 9.17) is 27.9 Å². The van der Waals surface area contributed by atoms with Crippen LogP contribution in [0.3, 0.4) is 0 Å². The summed E-state index contributed by atoms with van der Waals surface area (Å²) in [6, 6.07) is 17.7. The van der Waals surface area contributed by atoms with Crippen molar-refractivity contribution in [3.8, 4) is 5.75 Å². The number of aryl methyl sites for hydroxylation is 1. The lowest BCUT2D eigenvalue weighted by atomic mass is 10.0. The maximum Gasteiger partial charge on any atom is 0.264 e. The summed E-state index contributed by atoms with van der Waals surface area (Å²) < 4.78 is 33.3. The fourth-order valence-electron chi connectivity index (χ4n) is 3.63. The van der Waals surface area contributed by atoms with Gasteiger partial charge < -0.3 is 10.1 Å². The number of benzene rings is 3. The van der Waals surface area contributed by atoms with Crippen molar-refractivity contribution in [1.82, 2.24) is 5.32 Å². The van der Waals surface area contributed by atoms with Gasteiger partial charge in [-0.2, -0.15) is 0 Å². The Kier molecular flexibility index (Phi) is 8.47. The highest BCUT2D eigenvalue weighted by atomic mass is 35.5. The molecule has 3 aromatic carbocycles. The molecule has 0 radical (unpaired) electrons. The Bertz CT molecular complexity index is 1250. The highest BCUT2D eigenvalue weighted by molar-refractivity contribution is 7.92. The molecular formula is C25H26Cl2N2O4S. The van der Waals surface area contributed by atoms with Crippen LogP contribution in [-0.4, -0.2) is 28.0 Å². The average Bonchev–Trinajstić information content (AvgIpc) is 2.80. The van der Waals surface area contributed by atoms with Crippen molar-refractivity contribution in [1.29, 1.82) is 0 Å². The molecule has 1 atom stereocenters. The Morgan fingerprint density at radius 2 is 1.68 bits per heavy atom. The highest BCUT2D eigenvalue weighted by Crippen LogP contribution is 2.30. The predicted molar refractivity (Wildman–Crippen MR) is 136 cm³/mol. The summed E-state index contributed by atoms with van der Waals surface area (Å²) >= 11 is 12.3. The SMILES string of the molecule is CC[C@@H](NC(=O)CN(c1cc(Cl)cc(Cl)c1)S(=O)(=O)c1ccccc1)c1ccc(OC)c(C)c1. The number of amides is 1. The van der Waals surface area contributed by atoms with Crippen LogP contribution in [0.1, 0.15) is 30.5 Å². The summed E-state index contributed by atoms with van der Waals surface area (Å²) in [5.41, 5.74) is 2.04. The van der Waals surface area contributed by atoms with Gasteiger partial charge in [-0.05, 0) is 60.9 Å². The van der Waals surface area contributed by atoms with Gasteiger partial charge in [0.05, 0.1) is 23.7 Å². The molecule has 0 spiro atoms. The molecule has 0 saturated heterocycles. The first-order valence-electron chi connectivity index (χ1n) is 10.6. The maximum absolute atomic E-state index is 13.5. The Hall–Kier alpha value is -2.74. The number of nitrogens with zero attached hydrogens (tertiary/aromatic N) is 1. The number of anilines is 1. The van der Waals surface area contributed by atoms with E-state index in [-0.39, 0.29) is 26.7 Å². The molecule has 0 aromatic heterocycles. The van der Waals surface area contributed by atoms with Gasteiger partial charge in [-0.15, -0.1) is 0 Å². The minimum atomic E-state index is -4.07. The maximum atomic E-state index is 13.5. The molecule has 0 bridgehead atoms. The molecule has 6 nitrogen and oxygen atoms in total. The molecule has 0 unspecified atom stereocenters. The van der Waals surface area contributed by atoms with E-state index in [1.165, 1.54) is 30.3 Å². The van der Waals surface area contributed by atoms with Crippen LogP contribution in [-0.2, 0) is 14.8 Å². The van der Waals surface area contributed by atoms with Gasteiger partial charge >= 0.3 is 0 Å². The van der Waals surface area contributed by atoms with E-state index in [1.807, 2.05) is 32.0 Å². The van der Waals surface area contributed by atoms with Crippen molar-refractivity contribution in [2.45, 2.75) is 31.2 Å². The van der Waals surface area contributed by atoms with E-state index < -0.39 is 22.5 Å². The molecule has 3 aromatic rings. The average molecular weight is 521 g/mol. The number of halogens is 2. The number of carbonyl (C=O) groups excluding carboxylic acids is 1.